The van der Waals surface area contributed by atoms with Gasteiger partial charge in [-0.25, -0.2) is 14.0 Å². The van der Waals surface area contributed by atoms with Crippen LogP contribution in [0.2, 0.25) is 0 Å². The number of nitrogens with two attached hydrogens (primary N) is 1. The second kappa shape index (κ2) is 8.73. The minimum Gasteiger partial charge on any atom is -0.490 e. The van der Waals surface area contributed by atoms with Crippen molar-refractivity contribution in [3.63, 3.8) is 0 Å². The first kappa shape index (κ1) is 22.0. The third-order valence-electron chi connectivity index (χ3n) is 5.44. The lowest BCUT2D eigenvalue weighted by Gasteiger charge is -2.19. The normalized spacial score (nSPS) is 15.4. The van der Waals surface area contributed by atoms with E-state index in [9.17, 15) is 18.8 Å². The molecule has 2 N–H and O–H groups in total. The van der Waals surface area contributed by atoms with Crippen LogP contribution in [0.15, 0.2) is 48.7 Å². The van der Waals surface area contributed by atoms with Gasteiger partial charge in [-0.05, 0) is 41.5 Å². The molecule has 10 heteroatoms. The summed E-state index contributed by atoms with van der Waals surface area (Å²) in [5.41, 5.74) is 7.54. The van der Waals surface area contributed by atoms with Gasteiger partial charge in [-0.2, -0.15) is 9.78 Å². The summed E-state index contributed by atoms with van der Waals surface area (Å²) in [7, 11) is 2.83. The number of carbonyl (C=O) groups is 3. The van der Waals surface area contributed by atoms with E-state index in [1.54, 1.807) is 31.3 Å². The van der Waals surface area contributed by atoms with Gasteiger partial charge in [0.15, 0.2) is 0 Å². The van der Waals surface area contributed by atoms with Crippen molar-refractivity contribution in [3.05, 3.63) is 76.9 Å². The number of anilines is 1. The zero-order chi connectivity index (χ0) is 23.7. The number of hydrogen-bond donors (Lipinski definition) is 1. The maximum Gasteiger partial charge on any atom is 0.339 e. The van der Waals surface area contributed by atoms with E-state index in [4.69, 9.17) is 15.2 Å². The van der Waals surface area contributed by atoms with E-state index in [2.05, 4.69) is 5.10 Å². The molecule has 1 atom stereocenters. The highest BCUT2D eigenvalue weighted by Crippen LogP contribution is 2.36. The van der Waals surface area contributed by atoms with Crippen LogP contribution < -0.4 is 15.4 Å². The minimum atomic E-state index is -0.867. The van der Waals surface area contributed by atoms with Crippen molar-refractivity contribution >= 4 is 23.6 Å². The Morgan fingerprint density at radius 2 is 2.06 bits per heavy atom. The lowest BCUT2D eigenvalue weighted by molar-refractivity contribution is -0.120. The largest absolute Gasteiger partial charge is 0.490 e. The van der Waals surface area contributed by atoms with Gasteiger partial charge in [-0.1, -0.05) is 12.1 Å². The fourth-order valence-corrected chi connectivity index (χ4v) is 3.77. The highest BCUT2D eigenvalue weighted by Gasteiger charge is 2.35. The van der Waals surface area contributed by atoms with Crippen molar-refractivity contribution in [1.29, 1.82) is 0 Å². The number of carbonyl (C=O) groups excluding carboxylic acids is 3. The molecule has 2 amide bonds. The van der Waals surface area contributed by atoms with Crippen LogP contribution in [-0.4, -0.2) is 48.5 Å². The molecule has 3 aromatic rings. The molecule has 0 radical (unpaired) electrons. The molecular formula is C23H21FN4O5. The van der Waals surface area contributed by atoms with E-state index in [-0.39, 0.29) is 24.5 Å². The van der Waals surface area contributed by atoms with Gasteiger partial charge in [0.2, 0.25) is 5.91 Å². The minimum absolute atomic E-state index is 0.0559. The summed E-state index contributed by atoms with van der Waals surface area (Å²) < 4.78 is 25.3. The number of nitrogens with zero attached hydrogens (tertiary/aromatic N) is 3. The first-order valence-electron chi connectivity index (χ1n) is 10.0. The number of hydrogen-bond acceptors (Lipinski definition) is 6. The Balaban J connectivity index is 1.72. The number of esters is 1. The number of primary amides is 1. The fourth-order valence-electron chi connectivity index (χ4n) is 3.77. The molecule has 1 aliphatic heterocycles. The highest BCUT2D eigenvalue weighted by molar-refractivity contribution is 6.01. The molecule has 9 nitrogen and oxygen atoms in total. The van der Waals surface area contributed by atoms with Crippen molar-refractivity contribution < 1.29 is 28.2 Å². The van der Waals surface area contributed by atoms with E-state index in [0.29, 0.717) is 28.3 Å². The van der Waals surface area contributed by atoms with E-state index in [0.717, 1.165) is 4.68 Å². The third-order valence-corrected chi connectivity index (χ3v) is 5.44. The quantitative estimate of drug-likeness (QED) is 0.608. The van der Waals surface area contributed by atoms with Crippen LogP contribution in [0.1, 0.15) is 33.1 Å². The van der Waals surface area contributed by atoms with E-state index in [1.807, 2.05) is 0 Å². The van der Waals surface area contributed by atoms with E-state index < -0.39 is 23.7 Å². The van der Waals surface area contributed by atoms with Crippen LogP contribution in [0.4, 0.5) is 14.9 Å². The monoisotopic (exact) mass is 452 g/mol. The summed E-state index contributed by atoms with van der Waals surface area (Å²) in [6.45, 7) is -0.0559. The van der Waals surface area contributed by atoms with Crippen molar-refractivity contribution in [2.75, 3.05) is 25.7 Å². The molecule has 0 saturated carbocycles. The smallest absolute Gasteiger partial charge is 0.339 e. The highest BCUT2D eigenvalue weighted by atomic mass is 19.1. The number of methoxy groups -OCH3 is 1. The average molecular weight is 452 g/mol. The van der Waals surface area contributed by atoms with Crippen molar-refractivity contribution in [2.24, 2.45) is 5.73 Å². The third kappa shape index (κ3) is 4.27. The van der Waals surface area contributed by atoms with Gasteiger partial charge >= 0.3 is 12.0 Å². The molecule has 1 aliphatic rings. The second-order valence-corrected chi connectivity index (χ2v) is 7.56. The lowest BCUT2D eigenvalue weighted by Crippen LogP contribution is -2.33. The molecule has 0 fully saturated rings. The number of amides is 2. The van der Waals surface area contributed by atoms with E-state index >= 15 is 0 Å². The molecule has 2 aromatic carbocycles. The first-order valence-corrected chi connectivity index (χ1v) is 10.0. The van der Waals surface area contributed by atoms with Gasteiger partial charge in [0.25, 0.3) is 0 Å². The van der Waals surface area contributed by atoms with Crippen molar-refractivity contribution in [2.45, 2.75) is 12.3 Å². The zero-order valence-electron chi connectivity index (χ0n) is 17.9. The molecule has 4 rings (SSSR count). The predicted octanol–water partition coefficient (Wildman–Crippen LogP) is 2.47. The van der Waals surface area contributed by atoms with Crippen molar-refractivity contribution in [1.82, 2.24) is 9.78 Å². The van der Waals surface area contributed by atoms with Gasteiger partial charge in [-0.3, -0.25) is 4.79 Å². The lowest BCUT2D eigenvalue weighted by atomic mass is 9.97. The van der Waals surface area contributed by atoms with Crippen LogP contribution in [0.25, 0.3) is 0 Å². The number of benzene rings is 2. The summed E-state index contributed by atoms with van der Waals surface area (Å²) in [4.78, 5) is 38.5. The van der Waals surface area contributed by atoms with Crippen LogP contribution in [0.5, 0.6) is 5.75 Å². The van der Waals surface area contributed by atoms with Gasteiger partial charge in [-0.15, -0.1) is 0 Å². The first-order chi connectivity index (χ1) is 15.8. The van der Waals surface area contributed by atoms with Crippen LogP contribution >= 0.6 is 0 Å². The summed E-state index contributed by atoms with van der Waals surface area (Å²) in [6, 6.07) is 9.83. The summed E-state index contributed by atoms with van der Waals surface area (Å²) in [6.07, 6.45) is 1.66. The zero-order valence-corrected chi connectivity index (χ0v) is 17.9. The number of aromatic nitrogens is 2. The van der Waals surface area contributed by atoms with Crippen molar-refractivity contribution in [3.8, 4) is 5.75 Å². The molecule has 1 aromatic heterocycles. The SMILES string of the molecule is COC(=O)c1ccc2c(c1)N(C)C(=O)[C@@H](c1nn(C(N)=O)cc1Cc1cccc(F)c1)CO2. The maximum absolute atomic E-state index is 13.7. The maximum atomic E-state index is 13.7. The molecule has 0 bridgehead atoms. The van der Waals surface area contributed by atoms with Gasteiger partial charge in [0.05, 0.1) is 24.1 Å². The van der Waals surface area contributed by atoms with Gasteiger partial charge in [0.1, 0.15) is 24.1 Å². The number of likely N-dealkylation sites (N-methyl/N-ethyl adjacent to an activating group) is 1. The number of rotatable bonds is 4. The average Bonchev–Trinajstić information content (AvgIpc) is 3.16. The Hall–Kier alpha value is -4.21. The number of ether oxygens (including phenoxy) is 2. The van der Waals surface area contributed by atoms with Crippen LogP contribution in [0, 0.1) is 5.82 Å². The second-order valence-electron chi connectivity index (χ2n) is 7.56. The number of fused-ring (bicyclic) bond motifs is 1. The standard InChI is InChI=1S/C23H21FN4O5/c1-27-18-10-14(22(30)32-2)6-7-19(18)33-12-17(21(27)29)20-15(11-28(26-20)23(25)31)8-13-4-3-5-16(24)9-13/h3-7,9-11,17H,8,12H2,1-2H3,(H2,25,31)/t17-/m1/s1. The molecule has 2 heterocycles. The Morgan fingerprint density at radius 3 is 2.76 bits per heavy atom. The molecule has 0 aliphatic carbocycles. The molecule has 0 spiro atoms. The predicted molar refractivity (Wildman–Crippen MR) is 116 cm³/mol. The number of halogens is 1. The molecular weight excluding hydrogens is 431 g/mol. The topological polar surface area (TPSA) is 117 Å². The van der Waals surface area contributed by atoms with Crippen LogP contribution in [0.3, 0.4) is 0 Å². The summed E-state index contributed by atoms with van der Waals surface area (Å²) in [5.74, 6) is -1.76. The summed E-state index contributed by atoms with van der Waals surface area (Å²) in [5, 5.41) is 4.25. The van der Waals surface area contributed by atoms with Crippen LogP contribution in [-0.2, 0) is 16.0 Å². The Kier molecular flexibility index (Phi) is 5.82. The molecule has 33 heavy (non-hydrogen) atoms. The molecule has 0 saturated heterocycles. The molecule has 170 valence electrons. The Labute approximate surface area is 188 Å². The van der Waals surface area contributed by atoms with Gasteiger partial charge < -0.3 is 20.1 Å². The Morgan fingerprint density at radius 1 is 1.27 bits per heavy atom. The summed E-state index contributed by atoms with van der Waals surface area (Å²) >= 11 is 0. The Bertz CT molecular complexity index is 1260. The van der Waals surface area contributed by atoms with E-state index in [1.165, 1.54) is 36.4 Å². The fraction of sp³-hybridized carbons (Fsp3) is 0.217. The molecule has 0 unspecified atom stereocenters. The van der Waals surface area contributed by atoms with Gasteiger partial charge in [0, 0.05) is 19.7 Å².